The van der Waals surface area contributed by atoms with Gasteiger partial charge in [0.2, 0.25) is 0 Å². The summed E-state index contributed by atoms with van der Waals surface area (Å²) >= 11 is 0. The van der Waals surface area contributed by atoms with Crippen LogP contribution in [0.25, 0.3) is 6.08 Å². The average Bonchev–Trinajstić information content (AvgIpc) is 2.25. The van der Waals surface area contributed by atoms with Gasteiger partial charge < -0.3 is 5.73 Å². The van der Waals surface area contributed by atoms with E-state index in [0.29, 0.717) is 0 Å². The minimum atomic E-state index is -5.59. The van der Waals surface area contributed by atoms with Crippen LogP contribution in [-0.4, -0.2) is 12.7 Å². The van der Waals surface area contributed by atoms with Gasteiger partial charge in [-0.1, -0.05) is 30.4 Å². The average molecular weight is 251 g/mol. The molecule has 1 nitrogen and oxygen atoms in total. The van der Waals surface area contributed by atoms with Crippen LogP contribution in [0.15, 0.2) is 30.3 Å². The number of hydrogen-bond donors (Lipinski definition) is 1. The maximum Gasteiger partial charge on any atom is 0.458 e. The molecule has 0 amide bonds. The Morgan fingerprint density at radius 1 is 1.12 bits per heavy atom. The zero-order valence-electron chi connectivity index (χ0n) is 8.64. The van der Waals surface area contributed by atoms with Crippen molar-refractivity contribution in [2.45, 2.75) is 12.1 Å². The minimum Gasteiger partial charge on any atom is -0.327 e. The molecule has 0 unspecified atom stereocenters. The van der Waals surface area contributed by atoms with Crippen LogP contribution < -0.4 is 5.73 Å². The second kappa shape index (κ2) is 4.83. The molecule has 17 heavy (non-hydrogen) atoms. The Balaban J connectivity index is 3.11. The molecule has 94 valence electrons. The maximum atomic E-state index is 13.0. The Hall–Kier alpha value is -1.43. The van der Waals surface area contributed by atoms with Gasteiger partial charge in [-0.05, 0) is 11.6 Å². The summed E-state index contributed by atoms with van der Waals surface area (Å²) in [5.41, 5.74) is 4.32. The molecule has 1 rings (SSSR count). The Bertz CT molecular complexity index is 409. The van der Waals surface area contributed by atoms with Crippen LogP contribution in [0.5, 0.6) is 0 Å². The molecular formula is C11H10F5N. The van der Waals surface area contributed by atoms with Crippen molar-refractivity contribution in [3.63, 3.8) is 0 Å². The third-order valence-corrected chi connectivity index (χ3v) is 2.05. The lowest BCUT2D eigenvalue weighted by Crippen LogP contribution is -2.33. The minimum absolute atomic E-state index is 0.180. The summed E-state index contributed by atoms with van der Waals surface area (Å²) in [5, 5.41) is 0. The van der Waals surface area contributed by atoms with E-state index in [1.807, 2.05) is 0 Å². The molecule has 0 heterocycles. The monoisotopic (exact) mass is 251 g/mol. The molecule has 0 saturated heterocycles. The van der Waals surface area contributed by atoms with Crippen molar-refractivity contribution in [3.8, 4) is 0 Å². The number of benzene rings is 1. The molecule has 1 aromatic rings. The van der Waals surface area contributed by atoms with E-state index in [2.05, 4.69) is 0 Å². The van der Waals surface area contributed by atoms with Gasteiger partial charge in [-0.25, -0.2) is 0 Å². The molecule has 0 spiro atoms. The first-order chi connectivity index (χ1) is 7.79. The highest BCUT2D eigenvalue weighted by Gasteiger charge is 2.58. The number of nitrogens with two attached hydrogens (primary N) is 1. The Morgan fingerprint density at radius 3 is 2.29 bits per heavy atom. The zero-order valence-corrected chi connectivity index (χ0v) is 8.64. The molecule has 0 aliphatic carbocycles. The predicted octanol–water partition coefficient (Wildman–Crippen LogP) is 3.31. The summed E-state index contributed by atoms with van der Waals surface area (Å²) in [6.45, 7) is 0.180. The second-order valence-corrected chi connectivity index (χ2v) is 3.34. The van der Waals surface area contributed by atoms with Crippen molar-refractivity contribution in [1.82, 2.24) is 0 Å². The molecule has 0 aromatic heterocycles. The topological polar surface area (TPSA) is 26.0 Å². The first-order valence-electron chi connectivity index (χ1n) is 4.70. The molecule has 0 aliphatic rings. The number of alkyl halides is 5. The lowest BCUT2D eigenvalue weighted by atomic mass is 10.0. The van der Waals surface area contributed by atoms with Crippen LogP contribution in [0, 0.1) is 0 Å². The summed E-state index contributed by atoms with van der Waals surface area (Å²) in [6, 6.07) is 4.10. The summed E-state index contributed by atoms with van der Waals surface area (Å²) in [4.78, 5) is 0. The van der Waals surface area contributed by atoms with Gasteiger partial charge in [-0.2, -0.15) is 22.0 Å². The molecule has 1 aromatic carbocycles. The van der Waals surface area contributed by atoms with Gasteiger partial charge in [-0.15, -0.1) is 0 Å². The van der Waals surface area contributed by atoms with Crippen molar-refractivity contribution in [2.75, 3.05) is 6.54 Å². The van der Waals surface area contributed by atoms with Crippen molar-refractivity contribution in [1.29, 1.82) is 0 Å². The Kier molecular flexibility index (Phi) is 3.87. The first kappa shape index (κ1) is 13.6. The van der Waals surface area contributed by atoms with Crippen LogP contribution in [0.1, 0.15) is 11.1 Å². The summed E-state index contributed by atoms with van der Waals surface area (Å²) < 4.78 is 62.3. The molecule has 0 radical (unpaired) electrons. The smallest absolute Gasteiger partial charge is 0.327 e. The number of rotatable bonds is 3. The van der Waals surface area contributed by atoms with Gasteiger partial charge >= 0.3 is 12.1 Å². The van der Waals surface area contributed by atoms with Crippen molar-refractivity contribution in [2.24, 2.45) is 5.73 Å². The highest BCUT2D eigenvalue weighted by molar-refractivity contribution is 5.51. The fourth-order valence-electron chi connectivity index (χ4n) is 1.21. The predicted molar refractivity (Wildman–Crippen MR) is 54.5 cm³/mol. The molecule has 2 N–H and O–H groups in total. The standard InChI is InChI=1S/C11H10F5N/c12-10(13,11(14,15)16)9-5-1-3-8(7-9)4-2-6-17/h1-5,7H,6,17H2/b4-2+. The molecule has 0 aliphatic heterocycles. The molecule has 0 atom stereocenters. The first-order valence-corrected chi connectivity index (χ1v) is 4.70. The van der Waals surface area contributed by atoms with E-state index in [-0.39, 0.29) is 12.1 Å². The van der Waals surface area contributed by atoms with Gasteiger partial charge in [0.25, 0.3) is 0 Å². The lowest BCUT2D eigenvalue weighted by Gasteiger charge is -2.20. The molecule has 0 fully saturated rings. The van der Waals surface area contributed by atoms with E-state index in [0.717, 1.165) is 18.2 Å². The summed E-state index contributed by atoms with van der Waals surface area (Å²) in [6.07, 6.45) is -2.75. The van der Waals surface area contributed by atoms with E-state index >= 15 is 0 Å². The van der Waals surface area contributed by atoms with Crippen LogP contribution >= 0.6 is 0 Å². The maximum absolute atomic E-state index is 13.0. The van der Waals surface area contributed by atoms with Crippen LogP contribution in [0.2, 0.25) is 0 Å². The highest BCUT2D eigenvalue weighted by Crippen LogP contribution is 2.43. The quantitative estimate of drug-likeness (QED) is 0.819. The SMILES string of the molecule is NC/C=C/c1cccc(C(F)(F)C(F)(F)F)c1. The normalized spacial score (nSPS) is 13.3. The third-order valence-electron chi connectivity index (χ3n) is 2.05. The number of hydrogen-bond acceptors (Lipinski definition) is 1. The van der Waals surface area contributed by atoms with Crippen LogP contribution in [0.4, 0.5) is 22.0 Å². The van der Waals surface area contributed by atoms with Gasteiger partial charge in [-0.3, -0.25) is 0 Å². The van der Waals surface area contributed by atoms with Crippen molar-refractivity contribution >= 4 is 6.08 Å². The lowest BCUT2D eigenvalue weighted by molar-refractivity contribution is -0.289. The summed E-state index contributed by atoms with van der Waals surface area (Å²) in [5.74, 6) is -4.85. The van der Waals surface area contributed by atoms with Crippen LogP contribution in [0.3, 0.4) is 0 Å². The largest absolute Gasteiger partial charge is 0.458 e. The Labute approximate surface area is 94.7 Å². The van der Waals surface area contributed by atoms with E-state index in [1.165, 1.54) is 18.2 Å². The number of halogens is 5. The van der Waals surface area contributed by atoms with E-state index < -0.39 is 17.7 Å². The molecule has 0 bridgehead atoms. The van der Waals surface area contributed by atoms with Crippen LogP contribution in [-0.2, 0) is 5.92 Å². The van der Waals surface area contributed by atoms with Gasteiger partial charge in [0.15, 0.2) is 0 Å². The van der Waals surface area contributed by atoms with E-state index in [4.69, 9.17) is 5.73 Å². The molecule has 0 saturated carbocycles. The second-order valence-electron chi connectivity index (χ2n) is 3.34. The fourth-order valence-corrected chi connectivity index (χ4v) is 1.21. The van der Waals surface area contributed by atoms with Gasteiger partial charge in [0, 0.05) is 12.1 Å². The fraction of sp³-hybridized carbons (Fsp3) is 0.273. The van der Waals surface area contributed by atoms with Crippen molar-refractivity contribution < 1.29 is 22.0 Å². The zero-order chi connectivity index (χ0) is 13.1. The Morgan fingerprint density at radius 2 is 1.76 bits per heavy atom. The van der Waals surface area contributed by atoms with Gasteiger partial charge in [0.05, 0.1) is 0 Å². The van der Waals surface area contributed by atoms with E-state index in [1.54, 1.807) is 0 Å². The third kappa shape index (κ3) is 3.03. The molecular weight excluding hydrogens is 241 g/mol. The van der Waals surface area contributed by atoms with Gasteiger partial charge in [0.1, 0.15) is 0 Å². The highest BCUT2D eigenvalue weighted by atomic mass is 19.4. The van der Waals surface area contributed by atoms with Crippen molar-refractivity contribution in [3.05, 3.63) is 41.5 Å². The van der Waals surface area contributed by atoms with E-state index in [9.17, 15) is 22.0 Å². The summed E-state index contributed by atoms with van der Waals surface area (Å²) in [7, 11) is 0. The molecule has 6 heteroatoms.